The molecule has 2 nitrogen and oxygen atoms in total. The fourth-order valence-corrected chi connectivity index (χ4v) is 2.36. The molecule has 0 aromatic heterocycles. The van der Waals surface area contributed by atoms with Crippen molar-refractivity contribution in [3.63, 3.8) is 0 Å². The topological polar surface area (TPSA) is 29.3 Å². The molecule has 100 valence electrons. The molecule has 5 heteroatoms. The molecule has 0 fully saturated rings. The van der Waals surface area contributed by atoms with Gasteiger partial charge in [-0.1, -0.05) is 12.1 Å². The summed E-state index contributed by atoms with van der Waals surface area (Å²) in [5.74, 6) is 0. The Morgan fingerprint density at radius 3 is 2.78 bits per heavy atom. The number of anilines is 1. The summed E-state index contributed by atoms with van der Waals surface area (Å²) < 4.78 is 36.2. The van der Waals surface area contributed by atoms with Gasteiger partial charge in [-0.25, -0.2) is 0 Å². The Kier molecular flexibility index (Phi) is 3.80. The van der Waals surface area contributed by atoms with Crippen molar-refractivity contribution < 1.29 is 13.2 Å². The molecule has 0 spiro atoms. The van der Waals surface area contributed by atoms with Crippen molar-refractivity contribution in [2.75, 3.05) is 18.8 Å². The summed E-state index contributed by atoms with van der Waals surface area (Å²) in [4.78, 5) is 2.05. The van der Waals surface area contributed by atoms with Crippen molar-refractivity contribution in [3.8, 4) is 0 Å². The van der Waals surface area contributed by atoms with Crippen molar-refractivity contribution >= 4 is 5.69 Å². The first-order valence-electron chi connectivity index (χ1n) is 6.11. The lowest BCUT2D eigenvalue weighted by atomic mass is 9.98. The van der Waals surface area contributed by atoms with Crippen LogP contribution < -0.4 is 5.73 Å². The SMILES string of the molecule is Nc1cccc2c1CN(CCCC(F)(F)F)CC2. The van der Waals surface area contributed by atoms with Crippen molar-refractivity contribution in [2.24, 2.45) is 0 Å². The number of nitrogens with two attached hydrogens (primary N) is 1. The molecule has 1 aliphatic rings. The van der Waals surface area contributed by atoms with Gasteiger partial charge in [-0.15, -0.1) is 0 Å². The highest BCUT2D eigenvalue weighted by Crippen LogP contribution is 2.26. The van der Waals surface area contributed by atoms with E-state index >= 15 is 0 Å². The number of nitrogen functional groups attached to an aromatic ring is 1. The first-order chi connectivity index (χ1) is 8.46. The van der Waals surface area contributed by atoms with Crippen LogP contribution in [0.4, 0.5) is 18.9 Å². The summed E-state index contributed by atoms with van der Waals surface area (Å²) in [5, 5.41) is 0. The standard InChI is InChI=1S/C13H17F3N2/c14-13(15,16)6-2-7-18-8-5-10-3-1-4-12(17)11(10)9-18/h1,3-4H,2,5-9,17H2. The summed E-state index contributed by atoms with van der Waals surface area (Å²) in [6.45, 7) is 1.96. The zero-order valence-electron chi connectivity index (χ0n) is 10.1. The Labute approximate surface area is 105 Å². The van der Waals surface area contributed by atoms with Gasteiger partial charge in [0.15, 0.2) is 0 Å². The number of rotatable bonds is 3. The highest BCUT2D eigenvalue weighted by atomic mass is 19.4. The molecule has 0 aliphatic carbocycles. The van der Waals surface area contributed by atoms with Gasteiger partial charge < -0.3 is 5.73 Å². The average molecular weight is 258 g/mol. The van der Waals surface area contributed by atoms with Gasteiger partial charge in [-0.2, -0.15) is 13.2 Å². The number of alkyl halides is 3. The molecule has 0 bridgehead atoms. The number of hydrogen-bond acceptors (Lipinski definition) is 2. The second-order valence-electron chi connectivity index (χ2n) is 4.73. The largest absolute Gasteiger partial charge is 0.398 e. The fourth-order valence-electron chi connectivity index (χ4n) is 2.36. The van der Waals surface area contributed by atoms with Crippen LogP contribution >= 0.6 is 0 Å². The van der Waals surface area contributed by atoms with Gasteiger partial charge in [0.2, 0.25) is 0 Å². The molecule has 0 radical (unpaired) electrons. The van der Waals surface area contributed by atoms with Crippen LogP contribution in [-0.4, -0.2) is 24.2 Å². The monoisotopic (exact) mass is 258 g/mol. The molecule has 0 unspecified atom stereocenters. The third kappa shape index (κ3) is 3.38. The number of nitrogens with zero attached hydrogens (tertiary/aromatic N) is 1. The smallest absolute Gasteiger partial charge is 0.389 e. The van der Waals surface area contributed by atoms with Gasteiger partial charge in [0.25, 0.3) is 0 Å². The Morgan fingerprint density at radius 1 is 1.28 bits per heavy atom. The van der Waals surface area contributed by atoms with Crippen LogP contribution in [0.25, 0.3) is 0 Å². The average Bonchev–Trinajstić information content (AvgIpc) is 2.28. The third-order valence-electron chi connectivity index (χ3n) is 3.32. The Bertz CT molecular complexity index is 415. The van der Waals surface area contributed by atoms with Crippen LogP contribution in [0, 0.1) is 0 Å². The lowest BCUT2D eigenvalue weighted by Crippen LogP contribution is -2.32. The molecule has 2 rings (SSSR count). The molecule has 0 amide bonds. The minimum Gasteiger partial charge on any atom is -0.398 e. The summed E-state index contributed by atoms with van der Waals surface area (Å²) in [7, 11) is 0. The molecular formula is C13H17F3N2. The molecule has 1 aromatic carbocycles. The Hall–Kier alpha value is -1.23. The van der Waals surface area contributed by atoms with E-state index in [1.807, 2.05) is 23.1 Å². The summed E-state index contributed by atoms with van der Waals surface area (Å²) in [6.07, 6.45) is -3.73. The van der Waals surface area contributed by atoms with E-state index < -0.39 is 12.6 Å². The van der Waals surface area contributed by atoms with Crippen LogP contribution in [0.3, 0.4) is 0 Å². The molecule has 0 atom stereocenters. The van der Waals surface area contributed by atoms with Crippen molar-refractivity contribution in [2.45, 2.75) is 32.0 Å². The van der Waals surface area contributed by atoms with Crippen LogP contribution in [0.1, 0.15) is 24.0 Å². The van der Waals surface area contributed by atoms with Crippen LogP contribution in [0.15, 0.2) is 18.2 Å². The molecule has 0 saturated carbocycles. The fraction of sp³-hybridized carbons (Fsp3) is 0.538. The summed E-state index contributed by atoms with van der Waals surface area (Å²) in [6, 6.07) is 5.81. The first kappa shape index (κ1) is 13.2. The predicted octanol–water partition coefficient (Wildman–Crippen LogP) is 2.97. The lowest BCUT2D eigenvalue weighted by Gasteiger charge is -2.29. The first-order valence-corrected chi connectivity index (χ1v) is 6.11. The highest BCUT2D eigenvalue weighted by Gasteiger charge is 2.27. The normalized spacial score (nSPS) is 16.6. The van der Waals surface area contributed by atoms with Crippen molar-refractivity contribution in [1.82, 2.24) is 4.90 Å². The van der Waals surface area contributed by atoms with E-state index in [9.17, 15) is 13.2 Å². The van der Waals surface area contributed by atoms with E-state index in [0.29, 0.717) is 13.1 Å². The van der Waals surface area contributed by atoms with Gasteiger partial charge in [0.05, 0.1) is 0 Å². The Balaban J connectivity index is 1.90. The summed E-state index contributed by atoms with van der Waals surface area (Å²) in [5.41, 5.74) is 8.94. The molecule has 0 saturated heterocycles. The van der Waals surface area contributed by atoms with Crippen LogP contribution in [-0.2, 0) is 13.0 Å². The quantitative estimate of drug-likeness (QED) is 0.844. The van der Waals surface area contributed by atoms with Crippen LogP contribution in [0.5, 0.6) is 0 Å². The van der Waals surface area contributed by atoms with Gasteiger partial charge in [0, 0.05) is 25.2 Å². The second-order valence-corrected chi connectivity index (χ2v) is 4.73. The maximum atomic E-state index is 12.1. The van der Waals surface area contributed by atoms with E-state index in [0.717, 1.165) is 24.2 Å². The minimum absolute atomic E-state index is 0.158. The van der Waals surface area contributed by atoms with E-state index in [-0.39, 0.29) is 6.42 Å². The van der Waals surface area contributed by atoms with E-state index in [1.165, 1.54) is 5.56 Å². The number of benzene rings is 1. The molecular weight excluding hydrogens is 241 g/mol. The van der Waals surface area contributed by atoms with Gasteiger partial charge in [-0.3, -0.25) is 4.90 Å². The zero-order chi connectivity index (χ0) is 13.2. The number of fused-ring (bicyclic) bond motifs is 1. The van der Waals surface area contributed by atoms with E-state index in [4.69, 9.17) is 5.73 Å². The number of halogens is 3. The zero-order valence-corrected chi connectivity index (χ0v) is 10.1. The van der Waals surface area contributed by atoms with Gasteiger partial charge in [-0.05, 0) is 36.6 Å². The highest BCUT2D eigenvalue weighted by molar-refractivity contribution is 5.51. The lowest BCUT2D eigenvalue weighted by molar-refractivity contribution is -0.136. The molecule has 1 aliphatic heterocycles. The molecule has 1 aromatic rings. The third-order valence-corrected chi connectivity index (χ3v) is 3.32. The Morgan fingerprint density at radius 2 is 2.06 bits per heavy atom. The van der Waals surface area contributed by atoms with E-state index in [2.05, 4.69) is 0 Å². The van der Waals surface area contributed by atoms with Crippen LogP contribution in [0.2, 0.25) is 0 Å². The van der Waals surface area contributed by atoms with Crippen molar-refractivity contribution in [3.05, 3.63) is 29.3 Å². The van der Waals surface area contributed by atoms with Crippen molar-refractivity contribution in [1.29, 1.82) is 0 Å². The maximum absolute atomic E-state index is 12.1. The second kappa shape index (κ2) is 5.18. The molecule has 1 heterocycles. The molecule has 18 heavy (non-hydrogen) atoms. The van der Waals surface area contributed by atoms with Gasteiger partial charge >= 0.3 is 6.18 Å². The minimum atomic E-state index is -4.05. The molecule has 2 N–H and O–H groups in total. The summed E-state index contributed by atoms with van der Waals surface area (Å²) >= 11 is 0. The number of hydrogen-bond donors (Lipinski definition) is 1. The van der Waals surface area contributed by atoms with Gasteiger partial charge in [0.1, 0.15) is 0 Å². The maximum Gasteiger partial charge on any atom is 0.389 e. The van der Waals surface area contributed by atoms with E-state index in [1.54, 1.807) is 0 Å². The predicted molar refractivity (Wildman–Crippen MR) is 65.1 cm³/mol.